The van der Waals surface area contributed by atoms with Crippen LogP contribution in [0.5, 0.6) is 0 Å². The van der Waals surface area contributed by atoms with E-state index in [-0.39, 0.29) is 17.9 Å². The third kappa shape index (κ3) is 2.73. The fourth-order valence-electron chi connectivity index (χ4n) is 3.15. The van der Waals surface area contributed by atoms with Crippen molar-refractivity contribution in [3.63, 3.8) is 0 Å². The molecule has 1 amide bonds. The molecule has 1 aliphatic carbocycles. The second kappa shape index (κ2) is 5.81. The third-order valence-electron chi connectivity index (χ3n) is 4.34. The van der Waals surface area contributed by atoms with Crippen LogP contribution in [0, 0.1) is 5.92 Å². The van der Waals surface area contributed by atoms with Gasteiger partial charge in [-0.1, -0.05) is 59.6 Å². The zero-order chi connectivity index (χ0) is 16.8. The highest BCUT2D eigenvalue weighted by Gasteiger charge is 2.44. The maximum atomic E-state index is 12.8. The summed E-state index contributed by atoms with van der Waals surface area (Å²) < 4.78 is 0. The molecule has 1 aliphatic heterocycles. The van der Waals surface area contributed by atoms with Crippen molar-refractivity contribution in [2.24, 2.45) is 10.9 Å². The average Bonchev–Trinajstić information content (AvgIpc) is 2.61. The van der Waals surface area contributed by atoms with Crippen LogP contribution >= 0.6 is 23.2 Å². The zero-order valence-electron chi connectivity index (χ0n) is 13.3. The van der Waals surface area contributed by atoms with E-state index in [0.29, 0.717) is 10.1 Å². The monoisotopic (exact) mass is 348 g/mol. The molecule has 1 aromatic rings. The standard InChI is InChI=1S/C18H18Cl2N2O/c1-18(2)17(23)22(3)13-10-9-12(19)15(20)14(13)16(21-18)11-7-5-4-6-8-11/h4-10,13-14H,1-3H3. The second-order valence-electron chi connectivity index (χ2n) is 6.36. The summed E-state index contributed by atoms with van der Waals surface area (Å²) >= 11 is 12.8. The van der Waals surface area contributed by atoms with Crippen LogP contribution in [0.25, 0.3) is 0 Å². The normalized spacial score (nSPS) is 26.7. The average molecular weight is 349 g/mol. The van der Waals surface area contributed by atoms with Crippen molar-refractivity contribution in [3.05, 3.63) is 58.1 Å². The molecule has 3 rings (SSSR count). The van der Waals surface area contributed by atoms with Gasteiger partial charge >= 0.3 is 0 Å². The summed E-state index contributed by atoms with van der Waals surface area (Å²) in [5.41, 5.74) is 0.900. The molecule has 0 saturated carbocycles. The predicted molar refractivity (Wildman–Crippen MR) is 95.0 cm³/mol. The highest BCUT2D eigenvalue weighted by Crippen LogP contribution is 2.39. The number of aliphatic imine (C=N–C) groups is 1. The Kier molecular flexibility index (Phi) is 4.11. The number of hydrogen-bond acceptors (Lipinski definition) is 2. The number of likely N-dealkylation sites (N-methyl/N-ethyl adjacent to an activating group) is 1. The Balaban J connectivity index is 2.24. The molecule has 1 aromatic carbocycles. The molecule has 0 N–H and O–H groups in total. The Morgan fingerprint density at radius 3 is 2.48 bits per heavy atom. The molecule has 0 radical (unpaired) electrons. The number of benzene rings is 1. The minimum atomic E-state index is -0.852. The summed E-state index contributed by atoms with van der Waals surface area (Å²) in [5.74, 6) is -0.294. The molecule has 0 spiro atoms. The van der Waals surface area contributed by atoms with Gasteiger partial charge in [0, 0.05) is 12.1 Å². The van der Waals surface area contributed by atoms with Crippen LogP contribution in [0.4, 0.5) is 0 Å². The van der Waals surface area contributed by atoms with Crippen molar-refractivity contribution < 1.29 is 4.79 Å². The maximum Gasteiger partial charge on any atom is 0.250 e. The summed E-state index contributed by atoms with van der Waals surface area (Å²) in [5, 5.41) is 1.02. The van der Waals surface area contributed by atoms with Crippen molar-refractivity contribution in [2.75, 3.05) is 7.05 Å². The van der Waals surface area contributed by atoms with E-state index in [2.05, 4.69) is 0 Å². The van der Waals surface area contributed by atoms with E-state index in [1.807, 2.05) is 50.3 Å². The first-order valence-corrected chi connectivity index (χ1v) is 8.24. The van der Waals surface area contributed by atoms with Crippen molar-refractivity contribution in [1.29, 1.82) is 0 Å². The number of carbonyl (C=O) groups excluding carboxylic acids is 1. The molecular weight excluding hydrogens is 331 g/mol. The first-order valence-electron chi connectivity index (χ1n) is 7.49. The van der Waals surface area contributed by atoms with E-state index >= 15 is 0 Å². The van der Waals surface area contributed by atoms with Gasteiger partial charge < -0.3 is 4.90 Å². The van der Waals surface area contributed by atoms with Gasteiger partial charge in [-0.15, -0.1) is 0 Å². The lowest BCUT2D eigenvalue weighted by atomic mass is 9.86. The van der Waals surface area contributed by atoms with Crippen molar-refractivity contribution >= 4 is 34.8 Å². The van der Waals surface area contributed by atoms with Crippen LogP contribution in [-0.4, -0.2) is 35.1 Å². The summed E-state index contributed by atoms with van der Waals surface area (Å²) in [7, 11) is 1.79. The van der Waals surface area contributed by atoms with Gasteiger partial charge in [0.1, 0.15) is 5.54 Å². The number of carbonyl (C=O) groups is 1. The quantitative estimate of drug-likeness (QED) is 0.755. The number of allylic oxidation sites excluding steroid dienone is 2. The van der Waals surface area contributed by atoms with Gasteiger partial charge in [0.05, 0.1) is 22.7 Å². The van der Waals surface area contributed by atoms with E-state index in [1.54, 1.807) is 18.0 Å². The maximum absolute atomic E-state index is 12.8. The topological polar surface area (TPSA) is 32.7 Å². The van der Waals surface area contributed by atoms with Gasteiger partial charge in [-0.25, -0.2) is 0 Å². The highest BCUT2D eigenvalue weighted by molar-refractivity contribution is 6.42. The lowest BCUT2D eigenvalue weighted by molar-refractivity contribution is -0.135. The van der Waals surface area contributed by atoms with Crippen molar-refractivity contribution in [1.82, 2.24) is 4.90 Å². The highest BCUT2D eigenvalue weighted by atomic mass is 35.5. The van der Waals surface area contributed by atoms with E-state index in [0.717, 1.165) is 11.3 Å². The molecule has 2 atom stereocenters. The molecule has 23 heavy (non-hydrogen) atoms. The molecule has 2 aliphatic rings. The van der Waals surface area contributed by atoms with Crippen LogP contribution in [-0.2, 0) is 4.79 Å². The van der Waals surface area contributed by atoms with Gasteiger partial charge in [0.15, 0.2) is 0 Å². The number of nitrogens with zero attached hydrogens (tertiary/aromatic N) is 2. The van der Waals surface area contributed by atoms with Crippen LogP contribution in [0.3, 0.4) is 0 Å². The van der Waals surface area contributed by atoms with Gasteiger partial charge in [0.25, 0.3) is 0 Å². The van der Waals surface area contributed by atoms with Gasteiger partial charge in [-0.3, -0.25) is 9.79 Å². The van der Waals surface area contributed by atoms with Gasteiger partial charge in [-0.05, 0) is 25.5 Å². The van der Waals surface area contributed by atoms with Crippen LogP contribution in [0.1, 0.15) is 19.4 Å². The summed E-state index contributed by atoms with van der Waals surface area (Å²) in [4.78, 5) is 19.3. The molecule has 0 saturated heterocycles. The van der Waals surface area contributed by atoms with Crippen molar-refractivity contribution in [3.8, 4) is 0 Å². The molecule has 0 bridgehead atoms. The molecular formula is C18H18Cl2N2O. The van der Waals surface area contributed by atoms with Gasteiger partial charge in [-0.2, -0.15) is 0 Å². The zero-order valence-corrected chi connectivity index (χ0v) is 14.8. The number of amides is 1. The van der Waals surface area contributed by atoms with E-state index in [9.17, 15) is 4.79 Å². The third-order valence-corrected chi connectivity index (χ3v) is 5.20. The Bertz CT molecular complexity index is 735. The van der Waals surface area contributed by atoms with Crippen LogP contribution in [0.15, 0.2) is 57.5 Å². The minimum absolute atomic E-state index is 0.0365. The molecule has 3 nitrogen and oxygen atoms in total. The summed E-state index contributed by atoms with van der Waals surface area (Å²) in [6.07, 6.45) is 3.69. The van der Waals surface area contributed by atoms with Crippen molar-refractivity contribution in [2.45, 2.75) is 25.4 Å². The van der Waals surface area contributed by atoms with Crippen LogP contribution < -0.4 is 0 Å². The number of fused-ring (bicyclic) bond motifs is 1. The lowest BCUT2D eigenvalue weighted by Gasteiger charge is -2.34. The number of rotatable bonds is 1. The molecule has 1 heterocycles. The second-order valence-corrected chi connectivity index (χ2v) is 7.18. The lowest BCUT2D eigenvalue weighted by Crippen LogP contribution is -2.47. The molecule has 120 valence electrons. The first-order chi connectivity index (χ1) is 10.8. The Hall–Kier alpha value is -1.58. The fraction of sp³-hybridized carbons (Fsp3) is 0.333. The van der Waals surface area contributed by atoms with Crippen LogP contribution in [0.2, 0.25) is 0 Å². The Morgan fingerprint density at radius 1 is 1.17 bits per heavy atom. The largest absolute Gasteiger partial charge is 0.336 e. The first kappa shape index (κ1) is 16.3. The van der Waals surface area contributed by atoms with E-state index in [4.69, 9.17) is 28.2 Å². The smallest absolute Gasteiger partial charge is 0.250 e. The summed E-state index contributed by atoms with van der Waals surface area (Å²) in [6.45, 7) is 3.66. The Labute approximate surface area is 146 Å². The molecule has 0 fully saturated rings. The Morgan fingerprint density at radius 2 is 1.83 bits per heavy atom. The number of hydrogen-bond donors (Lipinski definition) is 0. The minimum Gasteiger partial charge on any atom is -0.336 e. The summed E-state index contributed by atoms with van der Waals surface area (Å²) in [6, 6.07) is 9.63. The van der Waals surface area contributed by atoms with Gasteiger partial charge in [0.2, 0.25) is 5.91 Å². The molecule has 0 aromatic heterocycles. The van der Waals surface area contributed by atoms with E-state index in [1.165, 1.54) is 0 Å². The van der Waals surface area contributed by atoms with E-state index < -0.39 is 5.54 Å². The SMILES string of the molecule is CN1C(=O)C(C)(C)N=C(c2ccccc2)C2C(Cl)=C(Cl)C=CC21. The predicted octanol–water partition coefficient (Wildman–Crippen LogP) is 3.97. The fourth-order valence-corrected chi connectivity index (χ4v) is 3.63. The number of halogens is 2. The molecule has 5 heteroatoms. The molecule has 2 unspecified atom stereocenters.